The van der Waals surface area contributed by atoms with Gasteiger partial charge in [0.05, 0.1) is 11.1 Å². The zero-order valence-corrected chi connectivity index (χ0v) is 9.11. The van der Waals surface area contributed by atoms with Crippen molar-refractivity contribution < 1.29 is 10.0 Å². The zero-order valence-electron chi connectivity index (χ0n) is 9.11. The van der Waals surface area contributed by atoms with Crippen LogP contribution in [0.2, 0.25) is 0 Å². The average Bonchev–Trinajstić information content (AvgIpc) is 2.23. The van der Waals surface area contributed by atoms with E-state index in [0.717, 1.165) is 11.9 Å². The van der Waals surface area contributed by atoms with Crippen LogP contribution in [0.15, 0.2) is 23.8 Å². The molecule has 0 aliphatic carbocycles. The molecule has 1 aliphatic rings. The summed E-state index contributed by atoms with van der Waals surface area (Å²) in [5.74, 6) is 0. The zero-order chi connectivity index (χ0) is 11.0. The standard InChI is InChI=1S/C11H17NO2/c1-10(2)8-9(6-5-7-13)11(3,4)12(10)14/h5-8,14H,1-4H3/b6-5+. The fourth-order valence-corrected chi connectivity index (χ4v) is 1.86. The molecule has 3 heteroatoms. The summed E-state index contributed by atoms with van der Waals surface area (Å²) in [4.78, 5) is 10.2. The highest BCUT2D eigenvalue weighted by molar-refractivity contribution is 5.66. The SMILES string of the molecule is CC1(C)C=C(/C=C/C=O)C(C)(C)N1O. The Labute approximate surface area is 84.7 Å². The van der Waals surface area contributed by atoms with Crippen LogP contribution in [0.1, 0.15) is 27.7 Å². The number of nitrogens with zero attached hydrogens (tertiary/aromatic N) is 1. The van der Waals surface area contributed by atoms with Gasteiger partial charge in [0.15, 0.2) is 0 Å². The monoisotopic (exact) mass is 195 g/mol. The van der Waals surface area contributed by atoms with E-state index in [1.165, 1.54) is 11.1 Å². The molecule has 1 heterocycles. The van der Waals surface area contributed by atoms with E-state index in [9.17, 15) is 10.0 Å². The van der Waals surface area contributed by atoms with Gasteiger partial charge in [-0.1, -0.05) is 12.2 Å². The molecule has 0 saturated heterocycles. The predicted octanol–water partition coefficient (Wildman–Crippen LogP) is 1.93. The van der Waals surface area contributed by atoms with Crippen LogP contribution in [0, 0.1) is 0 Å². The number of carbonyl (C=O) groups is 1. The molecule has 0 bridgehead atoms. The molecule has 0 amide bonds. The van der Waals surface area contributed by atoms with Crippen LogP contribution in [0.5, 0.6) is 0 Å². The van der Waals surface area contributed by atoms with Gasteiger partial charge in [-0.2, -0.15) is 5.06 Å². The molecule has 0 saturated carbocycles. The number of rotatable bonds is 2. The maximum Gasteiger partial charge on any atom is 0.142 e. The largest absolute Gasteiger partial charge is 0.312 e. The van der Waals surface area contributed by atoms with Gasteiger partial charge >= 0.3 is 0 Å². The van der Waals surface area contributed by atoms with Crippen LogP contribution in [-0.2, 0) is 4.79 Å². The fourth-order valence-electron chi connectivity index (χ4n) is 1.86. The summed E-state index contributed by atoms with van der Waals surface area (Å²) in [5.41, 5.74) is 0.131. The van der Waals surface area contributed by atoms with Gasteiger partial charge in [0.25, 0.3) is 0 Å². The summed E-state index contributed by atoms with van der Waals surface area (Å²) in [7, 11) is 0. The minimum atomic E-state index is -0.441. The molecule has 0 aromatic carbocycles. The van der Waals surface area contributed by atoms with E-state index in [1.54, 1.807) is 6.08 Å². The third-order valence-corrected chi connectivity index (χ3v) is 2.64. The summed E-state index contributed by atoms with van der Waals surface area (Å²) in [6, 6.07) is 0. The average molecular weight is 195 g/mol. The van der Waals surface area contributed by atoms with Crippen molar-refractivity contribution in [2.24, 2.45) is 0 Å². The van der Waals surface area contributed by atoms with Crippen molar-refractivity contribution in [3.63, 3.8) is 0 Å². The van der Waals surface area contributed by atoms with Crippen LogP contribution < -0.4 is 0 Å². The predicted molar refractivity (Wildman–Crippen MR) is 55.1 cm³/mol. The van der Waals surface area contributed by atoms with E-state index in [-0.39, 0.29) is 5.54 Å². The third kappa shape index (κ3) is 1.65. The molecule has 0 aromatic heterocycles. The number of hydroxylamine groups is 2. The molecule has 0 radical (unpaired) electrons. The van der Waals surface area contributed by atoms with Crippen LogP contribution in [-0.4, -0.2) is 27.6 Å². The maximum atomic E-state index is 10.2. The van der Waals surface area contributed by atoms with Gasteiger partial charge in [0, 0.05) is 0 Å². The van der Waals surface area contributed by atoms with Gasteiger partial charge in [-0.05, 0) is 39.3 Å². The second-order valence-electron chi connectivity index (χ2n) is 4.62. The smallest absolute Gasteiger partial charge is 0.142 e. The Morgan fingerprint density at radius 2 is 1.93 bits per heavy atom. The first-order valence-electron chi connectivity index (χ1n) is 4.67. The van der Waals surface area contributed by atoms with Crippen LogP contribution in [0.3, 0.4) is 0 Å². The van der Waals surface area contributed by atoms with Gasteiger partial charge in [0.2, 0.25) is 0 Å². The Kier molecular flexibility index (Phi) is 2.65. The van der Waals surface area contributed by atoms with E-state index in [2.05, 4.69) is 0 Å². The van der Waals surface area contributed by atoms with Crippen LogP contribution in [0.4, 0.5) is 0 Å². The van der Waals surface area contributed by atoms with E-state index < -0.39 is 5.54 Å². The Morgan fingerprint density at radius 3 is 2.29 bits per heavy atom. The van der Waals surface area contributed by atoms with E-state index in [1.807, 2.05) is 33.8 Å². The molecular weight excluding hydrogens is 178 g/mol. The Balaban J connectivity index is 3.06. The van der Waals surface area contributed by atoms with E-state index in [4.69, 9.17) is 0 Å². The number of hydrogen-bond donors (Lipinski definition) is 1. The molecule has 0 atom stereocenters. The number of carbonyl (C=O) groups excluding carboxylic acids is 1. The summed E-state index contributed by atoms with van der Waals surface area (Å²) in [5, 5.41) is 11.2. The minimum absolute atomic E-state index is 0.383. The fraction of sp³-hybridized carbons (Fsp3) is 0.545. The normalized spacial score (nSPS) is 25.4. The minimum Gasteiger partial charge on any atom is -0.312 e. The molecule has 1 rings (SSSR count). The molecular formula is C11H17NO2. The molecule has 0 aromatic rings. The van der Waals surface area contributed by atoms with Gasteiger partial charge in [-0.25, -0.2) is 0 Å². The molecule has 1 aliphatic heterocycles. The third-order valence-electron chi connectivity index (χ3n) is 2.64. The van der Waals surface area contributed by atoms with Crippen molar-refractivity contribution >= 4 is 6.29 Å². The summed E-state index contributed by atoms with van der Waals surface area (Å²) in [6.07, 6.45) is 5.89. The molecule has 0 unspecified atom stereocenters. The lowest BCUT2D eigenvalue weighted by molar-refractivity contribution is -0.184. The Bertz CT molecular complexity index is 300. The number of allylic oxidation sites excluding steroid dienone is 1. The lowest BCUT2D eigenvalue weighted by Crippen LogP contribution is -2.47. The van der Waals surface area contributed by atoms with Crippen LogP contribution in [0.25, 0.3) is 0 Å². The molecule has 78 valence electrons. The molecule has 0 spiro atoms. The topological polar surface area (TPSA) is 40.5 Å². The highest BCUT2D eigenvalue weighted by Gasteiger charge is 2.43. The van der Waals surface area contributed by atoms with Crippen LogP contribution >= 0.6 is 0 Å². The van der Waals surface area contributed by atoms with Gasteiger partial charge in [0.1, 0.15) is 6.29 Å². The molecule has 3 nitrogen and oxygen atoms in total. The molecule has 14 heavy (non-hydrogen) atoms. The lowest BCUT2D eigenvalue weighted by atomic mass is 9.96. The Hall–Kier alpha value is -0.930. The first-order chi connectivity index (χ1) is 6.32. The van der Waals surface area contributed by atoms with E-state index >= 15 is 0 Å². The highest BCUT2D eigenvalue weighted by Crippen LogP contribution is 2.38. The van der Waals surface area contributed by atoms with E-state index in [0.29, 0.717) is 0 Å². The second-order valence-corrected chi connectivity index (χ2v) is 4.62. The summed E-state index contributed by atoms with van der Waals surface area (Å²) >= 11 is 0. The highest BCUT2D eigenvalue weighted by atomic mass is 16.5. The lowest BCUT2D eigenvalue weighted by Gasteiger charge is -2.35. The van der Waals surface area contributed by atoms with Crippen molar-refractivity contribution in [1.29, 1.82) is 0 Å². The van der Waals surface area contributed by atoms with Crippen molar-refractivity contribution in [2.75, 3.05) is 0 Å². The van der Waals surface area contributed by atoms with Gasteiger partial charge in [-0.3, -0.25) is 4.79 Å². The van der Waals surface area contributed by atoms with Crippen molar-refractivity contribution in [3.05, 3.63) is 23.8 Å². The van der Waals surface area contributed by atoms with Gasteiger partial charge in [-0.15, -0.1) is 0 Å². The molecule has 0 fully saturated rings. The first-order valence-corrected chi connectivity index (χ1v) is 4.67. The summed E-state index contributed by atoms with van der Waals surface area (Å²) < 4.78 is 0. The van der Waals surface area contributed by atoms with Gasteiger partial charge < -0.3 is 5.21 Å². The quantitative estimate of drug-likeness (QED) is 0.540. The Morgan fingerprint density at radius 1 is 1.36 bits per heavy atom. The number of aldehydes is 1. The maximum absolute atomic E-state index is 10.2. The number of hydrogen-bond acceptors (Lipinski definition) is 3. The molecule has 1 N–H and O–H groups in total. The van der Waals surface area contributed by atoms with Crippen molar-refractivity contribution in [2.45, 2.75) is 38.8 Å². The van der Waals surface area contributed by atoms with Crippen molar-refractivity contribution in [3.8, 4) is 0 Å². The van der Waals surface area contributed by atoms with Crippen molar-refractivity contribution in [1.82, 2.24) is 5.06 Å². The first kappa shape index (κ1) is 11.1. The summed E-state index contributed by atoms with van der Waals surface area (Å²) in [6.45, 7) is 7.69. The second kappa shape index (κ2) is 3.33.